The quantitative estimate of drug-likeness (QED) is 0.787. The number of imidazole rings is 1. The molecule has 1 N–H and O–H groups in total. The highest BCUT2D eigenvalue weighted by Crippen LogP contribution is 2.33. The summed E-state index contributed by atoms with van der Waals surface area (Å²) in [6.07, 6.45) is 5.92. The van der Waals surface area contributed by atoms with E-state index in [2.05, 4.69) is 33.1 Å². The lowest BCUT2D eigenvalue weighted by Crippen LogP contribution is -2.28. The number of H-pyrrole nitrogens is 1. The number of benzene rings is 2. The second kappa shape index (κ2) is 6.16. The van der Waals surface area contributed by atoms with Gasteiger partial charge in [-0.15, -0.1) is 0 Å². The van der Waals surface area contributed by atoms with E-state index in [-0.39, 0.29) is 0 Å². The average molecular weight is 305 g/mol. The van der Waals surface area contributed by atoms with Crippen molar-refractivity contribution in [1.29, 1.82) is 0 Å². The van der Waals surface area contributed by atoms with Crippen molar-refractivity contribution >= 4 is 5.69 Å². The molecule has 1 aliphatic rings. The van der Waals surface area contributed by atoms with Gasteiger partial charge in [0.05, 0.1) is 18.6 Å². The van der Waals surface area contributed by atoms with Crippen molar-refractivity contribution in [2.45, 2.75) is 19.4 Å². The molecule has 0 fully saturated rings. The molecule has 0 saturated heterocycles. The molecule has 23 heavy (non-hydrogen) atoms. The van der Waals surface area contributed by atoms with Gasteiger partial charge in [0, 0.05) is 24.5 Å². The Hall–Kier alpha value is -2.75. The van der Waals surface area contributed by atoms with Crippen LogP contribution in [0.3, 0.4) is 0 Å². The van der Waals surface area contributed by atoms with E-state index >= 15 is 0 Å². The first kappa shape index (κ1) is 13.9. The molecule has 0 atom stereocenters. The standard InChI is InChI=1S/C19H19N3O/c1-2-6-17(7-3-1)23-18-9-8-15-5-4-10-22(19(15)11-18)13-16-12-20-14-21-16/h1-3,6-9,11-12,14H,4-5,10,13H2,(H,20,21). The minimum Gasteiger partial charge on any atom is -0.457 e. The van der Waals surface area contributed by atoms with Crippen LogP contribution in [0.1, 0.15) is 17.7 Å². The Bertz CT molecular complexity index is 769. The monoisotopic (exact) mass is 305 g/mol. The Morgan fingerprint density at radius 2 is 2.00 bits per heavy atom. The summed E-state index contributed by atoms with van der Waals surface area (Å²) in [6, 6.07) is 16.3. The number of nitrogens with zero attached hydrogens (tertiary/aromatic N) is 2. The first-order valence-corrected chi connectivity index (χ1v) is 7.96. The Balaban J connectivity index is 1.60. The number of fused-ring (bicyclic) bond motifs is 1. The van der Waals surface area contributed by atoms with Gasteiger partial charge in [0.15, 0.2) is 0 Å². The summed E-state index contributed by atoms with van der Waals surface area (Å²) < 4.78 is 5.98. The van der Waals surface area contributed by atoms with Crippen molar-refractivity contribution in [1.82, 2.24) is 9.97 Å². The van der Waals surface area contributed by atoms with Gasteiger partial charge in [-0.05, 0) is 36.6 Å². The highest BCUT2D eigenvalue weighted by Gasteiger charge is 2.18. The van der Waals surface area contributed by atoms with E-state index in [1.807, 2.05) is 36.5 Å². The number of hydrogen-bond acceptors (Lipinski definition) is 3. The number of rotatable bonds is 4. The number of aromatic nitrogens is 2. The van der Waals surface area contributed by atoms with Crippen LogP contribution in [0.4, 0.5) is 5.69 Å². The van der Waals surface area contributed by atoms with E-state index in [9.17, 15) is 0 Å². The normalized spacial score (nSPS) is 13.7. The third-order valence-electron chi connectivity index (χ3n) is 4.17. The van der Waals surface area contributed by atoms with Crippen molar-refractivity contribution in [3.63, 3.8) is 0 Å². The van der Waals surface area contributed by atoms with Crippen molar-refractivity contribution in [2.24, 2.45) is 0 Å². The molecular formula is C19H19N3O. The summed E-state index contributed by atoms with van der Waals surface area (Å²) in [5.41, 5.74) is 3.78. The fourth-order valence-electron chi connectivity index (χ4n) is 3.06. The van der Waals surface area contributed by atoms with Gasteiger partial charge in [-0.2, -0.15) is 0 Å². The highest BCUT2D eigenvalue weighted by molar-refractivity contribution is 5.59. The van der Waals surface area contributed by atoms with Crippen molar-refractivity contribution < 1.29 is 4.74 Å². The van der Waals surface area contributed by atoms with Crippen molar-refractivity contribution in [3.05, 3.63) is 72.3 Å². The minimum absolute atomic E-state index is 0.849. The van der Waals surface area contributed by atoms with Gasteiger partial charge in [-0.25, -0.2) is 4.98 Å². The molecule has 0 spiro atoms. The van der Waals surface area contributed by atoms with E-state index in [1.165, 1.54) is 17.7 Å². The molecule has 0 amide bonds. The summed E-state index contributed by atoms with van der Waals surface area (Å²) in [4.78, 5) is 9.69. The van der Waals surface area contributed by atoms with Crippen LogP contribution in [-0.4, -0.2) is 16.5 Å². The van der Waals surface area contributed by atoms with Crippen LogP contribution in [0, 0.1) is 0 Å². The van der Waals surface area contributed by atoms with Crippen LogP contribution in [-0.2, 0) is 13.0 Å². The second-order valence-corrected chi connectivity index (χ2v) is 5.81. The largest absolute Gasteiger partial charge is 0.457 e. The average Bonchev–Trinajstić information content (AvgIpc) is 3.09. The predicted octanol–water partition coefficient (Wildman–Crippen LogP) is 4.15. The summed E-state index contributed by atoms with van der Waals surface area (Å²) >= 11 is 0. The Morgan fingerprint density at radius 3 is 2.83 bits per heavy atom. The molecule has 4 heteroatoms. The Morgan fingerprint density at radius 1 is 1.09 bits per heavy atom. The summed E-state index contributed by atoms with van der Waals surface area (Å²) in [5.74, 6) is 1.75. The van der Waals surface area contributed by atoms with E-state index in [0.29, 0.717) is 0 Å². The lowest BCUT2D eigenvalue weighted by molar-refractivity contribution is 0.481. The highest BCUT2D eigenvalue weighted by atomic mass is 16.5. The fraction of sp³-hybridized carbons (Fsp3) is 0.211. The van der Waals surface area contributed by atoms with Gasteiger partial charge in [-0.3, -0.25) is 0 Å². The maximum Gasteiger partial charge on any atom is 0.129 e. The van der Waals surface area contributed by atoms with Crippen LogP contribution in [0.25, 0.3) is 0 Å². The number of aromatic amines is 1. The molecule has 2 heterocycles. The molecule has 1 aliphatic heterocycles. The van der Waals surface area contributed by atoms with E-state index in [1.54, 1.807) is 6.33 Å². The number of anilines is 1. The zero-order chi connectivity index (χ0) is 15.5. The number of hydrogen-bond donors (Lipinski definition) is 1. The zero-order valence-corrected chi connectivity index (χ0v) is 12.9. The van der Waals surface area contributed by atoms with Crippen LogP contribution in [0.15, 0.2) is 61.1 Å². The van der Waals surface area contributed by atoms with Crippen molar-refractivity contribution in [3.8, 4) is 11.5 Å². The number of para-hydroxylation sites is 1. The third-order valence-corrected chi connectivity index (χ3v) is 4.17. The van der Waals surface area contributed by atoms with Crippen LogP contribution in [0.2, 0.25) is 0 Å². The van der Waals surface area contributed by atoms with Gasteiger partial charge in [0.1, 0.15) is 11.5 Å². The molecule has 0 saturated carbocycles. The summed E-state index contributed by atoms with van der Waals surface area (Å²) in [6.45, 7) is 1.91. The molecule has 3 aromatic rings. The maximum atomic E-state index is 5.98. The molecule has 4 nitrogen and oxygen atoms in total. The molecular weight excluding hydrogens is 286 g/mol. The topological polar surface area (TPSA) is 41.1 Å². The third kappa shape index (κ3) is 3.06. The molecule has 0 aliphatic carbocycles. The maximum absolute atomic E-state index is 5.98. The fourth-order valence-corrected chi connectivity index (χ4v) is 3.06. The summed E-state index contributed by atoms with van der Waals surface area (Å²) in [7, 11) is 0. The SMILES string of the molecule is c1ccc(Oc2ccc3c(c2)N(Cc2cnc[nH]2)CCC3)cc1. The summed E-state index contributed by atoms with van der Waals surface area (Å²) in [5, 5.41) is 0. The Labute approximate surface area is 135 Å². The minimum atomic E-state index is 0.849. The smallest absolute Gasteiger partial charge is 0.129 e. The molecule has 0 radical (unpaired) electrons. The number of ether oxygens (including phenoxy) is 1. The Kier molecular flexibility index (Phi) is 3.72. The zero-order valence-electron chi connectivity index (χ0n) is 12.9. The first-order valence-electron chi connectivity index (χ1n) is 7.96. The lowest BCUT2D eigenvalue weighted by Gasteiger charge is -2.31. The molecule has 116 valence electrons. The van der Waals surface area contributed by atoms with Gasteiger partial charge in [-0.1, -0.05) is 24.3 Å². The number of aryl methyl sites for hydroxylation is 1. The van der Waals surface area contributed by atoms with Crippen LogP contribution >= 0.6 is 0 Å². The van der Waals surface area contributed by atoms with Gasteiger partial charge in [0.25, 0.3) is 0 Å². The molecule has 0 bridgehead atoms. The van der Waals surface area contributed by atoms with E-state index in [0.717, 1.165) is 36.7 Å². The van der Waals surface area contributed by atoms with Gasteiger partial charge in [0.2, 0.25) is 0 Å². The van der Waals surface area contributed by atoms with E-state index in [4.69, 9.17) is 4.74 Å². The predicted molar refractivity (Wildman–Crippen MR) is 90.9 cm³/mol. The molecule has 4 rings (SSSR count). The first-order chi connectivity index (χ1) is 11.4. The lowest BCUT2D eigenvalue weighted by atomic mass is 10.0. The van der Waals surface area contributed by atoms with Crippen molar-refractivity contribution in [2.75, 3.05) is 11.4 Å². The molecule has 2 aromatic carbocycles. The number of nitrogens with one attached hydrogen (secondary N) is 1. The van der Waals surface area contributed by atoms with Crippen LogP contribution in [0.5, 0.6) is 11.5 Å². The molecule has 1 aromatic heterocycles. The van der Waals surface area contributed by atoms with Gasteiger partial charge < -0.3 is 14.6 Å². The van der Waals surface area contributed by atoms with E-state index < -0.39 is 0 Å². The molecule has 0 unspecified atom stereocenters. The second-order valence-electron chi connectivity index (χ2n) is 5.81. The van der Waals surface area contributed by atoms with Crippen LogP contribution < -0.4 is 9.64 Å². The van der Waals surface area contributed by atoms with Gasteiger partial charge >= 0.3 is 0 Å².